The van der Waals surface area contributed by atoms with Crippen molar-refractivity contribution in [1.29, 1.82) is 0 Å². The Bertz CT molecular complexity index is 564. The smallest absolute Gasteiger partial charge is 0.239 e. The molecule has 6 nitrogen and oxygen atoms in total. The summed E-state index contributed by atoms with van der Waals surface area (Å²) >= 11 is 0. The molecule has 0 saturated heterocycles. The zero-order valence-corrected chi connectivity index (χ0v) is 10.4. The number of hydrogen-bond acceptors (Lipinski definition) is 6. The number of hydrogen-bond donors (Lipinski definition) is 3. The maximum atomic E-state index is 13.5. The summed E-state index contributed by atoms with van der Waals surface area (Å²) in [6.07, 6.45) is 1.05. The second kappa shape index (κ2) is 5.96. The molecule has 100 valence electrons. The van der Waals surface area contributed by atoms with E-state index in [-0.39, 0.29) is 11.8 Å². The highest BCUT2D eigenvalue weighted by atomic mass is 19.1. The van der Waals surface area contributed by atoms with Crippen LogP contribution in [0.4, 0.5) is 16.2 Å². The number of rotatable bonds is 5. The lowest BCUT2D eigenvalue weighted by atomic mass is 10.2. The number of halogens is 1. The molecular formula is C12H14FN5O. The van der Waals surface area contributed by atoms with Crippen molar-refractivity contribution in [2.75, 3.05) is 17.9 Å². The molecule has 1 heterocycles. The highest BCUT2D eigenvalue weighted by Crippen LogP contribution is 2.19. The average molecular weight is 263 g/mol. The van der Waals surface area contributed by atoms with Crippen LogP contribution in [0.1, 0.15) is 5.56 Å². The molecule has 0 radical (unpaired) electrons. The third kappa shape index (κ3) is 3.08. The van der Waals surface area contributed by atoms with Crippen LogP contribution in [0.5, 0.6) is 5.75 Å². The quantitative estimate of drug-likeness (QED) is 0.560. The SMILES string of the molecule is COc1ccccc1CNc1nc(NN)ncc1F. The predicted octanol–water partition coefficient (Wildman–Crippen LogP) is 1.52. The van der Waals surface area contributed by atoms with E-state index in [4.69, 9.17) is 10.6 Å². The van der Waals surface area contributed by atoms with E-state index in [9.17, 15) is 4.39 Å². The molecule has 2 aromatic rings. The molecule has 0 aliphatic heterocycles. The van der Waals surface area contributed by atoms with Gasteiger partial charge in [0.2, 0.25) is 5.95 Å². The molecule has 1 aromatic heterocycles. The third-order valence-corrected chi connectivity index (χ3v) is 2.51. The lowest BCUT2D eigenvalue weighted by Gasteiger charge is -2.10. The first-order valence-electron chi connectivity index (χ1n) is 5.59. The van der Waals surface area contributed by atoms with Gasteiger partial charge in [-0.2, -0.15) is 4.98 Å². The Balaban J connectivity index is 2.14. The van der Waals surface area contributed by atoms with Gasteiger partial charge in [-0.05, 0) is 6.07 Å². The van der Waals surface area contributed by atoms with Gasteiger partial charge in [-0.25, -0.2) is 15.2 Å². The van der Waals surface area contributed by atoms with Crippen molar-refractivity contribution < 1.29 is 9.13 Å². The van der Waals surface area contributed by atoms with Crippen molar-refractivity contribution in [2.45, 2.75) is 6.54 Å². The van der Waals surface area contributed by atoms with Gasteiger partial charge in [-0.15, -0.1) is 0 Å². The van der Waals surface area contributed by atoms with Gasteiger partial charge in [0.05, 0.1) is 13.3 Å². The number of anilines is 2. The van der Waals surface area contributed by atoms with Crippen molar-refractivity contribution in [1.82, 2.24) is 9.97 Å². The largest absolute Gasteiger partial charge is 0.496 e. The lowest BCUT2D eigenvalue weighted by molar-refractivity contribution is 0.410. The van der Waals surface area contributed by atoms with Crippen LogP contribution in [-0.2, 0) is 6.54 Å². The van der Waals surface area contributed by atoms with E-state index in [1.54, 1.807) is 7.11 Å². The summed E-state index contributed by atoms with van der Waals surface area (Å²) in [5, 5.41) is 2.88. The fraction of sp³-hybridized carbons (Fsp3) is 0.167. The zero-order valence-electron chi connectivity index (χ0n) is 10.4. The van der Waals surface area contributed by atoms with Gasteiger partial charge >= 0.3 is 0 Å². The molecule has 4 N–H and O–H groups in total. The van der Waals surface area contributed by atoms with E-state index in [2.05, 4.69) is 20.7 Å². The summed E-state index contributed by atoms with van der Waals surface area (Å²) in [4.78, 5) is 7.55. The molecule has 0 saturated carbocycles. The van der Waals surface area contributed by atoms with Gasteiger partial charge in [0, 0.05) is 12.1 Å². The van der Waals surface area contributed by atoms with Crippen molar-refractivity contribution in [3.8, 4) is 5.75 Å². The van der Waals surface area contributed by atoms with Crippen LogP contribution in [0, 0.1) is 5.82 Å². The Morgan fingerprint density at radius 2 is 2.16 bits per heavy atom. The fourth-order valence-corrected chi connectivity index (χ4v) is 1.59. The number of methoxy groups -OCH3 is 1. The molecule has 19 heavy (non-hydrogen) atoms. The minimum absolute atomic E-state index is 0.0776. The van der Waals surface area contributed by atoms with Crippen molar-refractivity contribution in [3.63, 3.8) is 0 Å². The number of nitrogens with one attached hydrogen (secondary N) is 2. The maximum Gasteiger partial charge on any atom is 0.239 e. The molecule has 0 fully saturated rings. The number of hydrazine groups is 1. The molecule has 0 atom stereocenters. The summed E-state index contributed by atoms with van der Waals surface area (Å²) in [7, 11) is 1.58. The molecule has 0 unspecified atom stereocenters. The van der Waals surface area contributed by atoms with E-state index >= 15 is 0 Å². The molecule has 2 rings (SSSR count). The van der Waals surface area contributed by atoms with E-state index in [0.717, 1.165) is 17.5 Å². The molecule has 7 heteroatoms. The average Bonchev–Trinajstić information content (AvgIpc) is 2.46. The van der Waals surface area contributed by atoms with Crippen LogP contribution in [0.25, 0.3) is 0 Å². The van der Waals surface area contributed by atoms with Crippen molar-refractivity contribution in [2.24, 2.45) is 5.84 Å². The summed E-state index contributed by atoms with van der Waals surface area (Å²) in [6, 6.07) is 7.46. The minimum atomic E-state index is -0.547. The Morgan fingerprint density at radius 3 is 2.89 bits per heavy atom. The second-order valence-corrected chi connectivity index (χ2v) is 3.70. The maximum absolute atomic E-state index is 13.5. The number of nitrogen functional groups attached to an aromatic ring is 1. The van der Waals surface area contributed by atoms with Crippen LogP contribution >= 0.6 is 0 Å². The van der Waals surface area contributed by atoms with Crippen LogP contribution in [0.3, 0.4) is 0 Å². The first-order valence-corrected chi connectivity index (χ1v) is 5.59. The summed E-state index contributed by atoms with van der Waals surface area (Å²) in [6.45, 7) is 0.377. The number of para-hydroxylation sites is 1. The molecule has 0 spiro atoms. The van der Waals surface area contributed by atoms with E-state index in [0.29, 0.717) is 6.54 Å². The molecule has 0 aliphatic rings. The van der Waals surface area contributed by atoms with Gasteiger partial charge in [0.1, 0.15) is 5.75 Å². The standard InChI is InChI=1S/C12H14FN5O/c1-19-10-5-3-2-4-8(10)6-15-11-9(13)7-16-12(17-11)18-14/h2-5,7H,6,14H2,1H3,(H2,15,16,17,18). The van der Waals surface area contributed by atoms with Gasteiger partial charge in [-0.1, -0.05) is 18.2 Å². The summed E-state index contributed by atoms with van der Waals surface area (Å²) < 4.78 is 18.7. The number of aromatic nitrogens is 2. The summed E-state index contributed by atoms with van der Waals surface area (Å²) in [5.41, 5.74) is 3.16. The number of nitrogens with zero attached hydrogens (tertiary/aromatic N) is 2. The van der Waals surface area contributed by atoms with Crippen molar-refractivity contribution >= 4 is 11.8 Å². The van der Waals surface area contributed by atoms with E-state index in [1.165, 1.54) is 0 Å². The molecule has 1 aromatic carbocycles. The molecular weight excluding hydrogens is 249 g/mol. The highest BCUT2D eigenvalue weighted by molar-refractivity contribution is 5.43. The third-order valence-electron chi connectivity index (χ3n) is 2.51. The van der Waals surface area contributed by atoms with Gasteiger partial charge in [0.15, 0.2) is 11.6 Å². The molecule has 0 amide bonds. The molecule has 0 bridgehead atoms. The van der Waals surface area contributed by atoms with Crippen LogP contribution < -0.4 is 21.3 Å². The van der Waals surface area contributed by atoms with Crippen LogP contribution in [0.15, 0.2) is 30.5 Å². The van der Waals surface area contributed by atoms with Crippen LogP contribution in [-0.4, -0.2) is 17.1 Å². The Labute approximate surface area is 109 Å². The first-order chi connectivity index (χ1) is 9.24. The predicted molar refractivity (Wildman–Crippen MR) is 70.1 cm³/mol. The van der Waals surface area contributed by atoms with Gasteiger partial charge in [0.25, 0.3) is 0 Å². The Hall–Kier alpha value is -2.41. The lowest BCUT2D eigenvalue weighted by Crippen LogP contribution is -2.13. The second-order valence-electron chi connectivity index (χ2n) is 3.70. The summed E-state index contributed by atoms with van der Waals surface area (Å²) in [5.74, 6) is 5.57. The number of benzene rings is 1. The number of nitrogens with two attached hydrogens (primary N) is 1. The number of ether oxygens (including phenoxy) is 1. The first kappa shape index (κ1) is 13.0. The van der Waals surface area contributed by atoms with Crippen LogP contribution in [0.2, 0.25) is 0 Å². The molecule has 0 aliphatic carbocycles. The Kier molecular flexibility index (Phi) is 4.09. The normalized spacial score (nSPS) is 10.1. The van der Waals surface area contributed by atoms with E-state index in [1.807, 2.05) is 24.3 Å². The topological polar surface area (TPSA) is 85.1 Å². The minimum Gasteiger partial charge on any atom is -0.496 e. The monoisotopic (exact) mass is 263 g/mol. The fourth-order valence-electron chi connectivity index (χ4n) is 1.59. The van der Waals surface area contributed by atoms with Gasteiger partial charge < -0.3 is 10.1 Å². The Morgan fingerprint density at radius 1 is 1.37 bits per heavy atom. The van der Waals surface area contributed by atoms with E-state index < -0.39 is 5.82 Å². The van der Waals surface area contributed by atoms with Crippen molar-refractivity contribution in [3.05, 3.63) is 41.8 Å². The highest BCUT2D eigenvalue weighted by Gasteiger charge is 2.07. The zero-order chi connectivity index (χ0) is 13.7. The van der Waals surface area contributed by atoms with Gasteiger partial charge in [-0.3, -0.25) is 5.43 Å².